The quantitative estimate of drug-likeness (QED) is 0.616. The van der Waals surface area contributed by atoms with Crippen LogP contribution >= 0.6 is 12.2 Å². The van der Waals surface area contributed by atoms with E-state index >= 15 is 0 Å². The number of nitrogens with zero attached hydrogens (tertiary/aromatic N) is 3. The van der Waals surface area contributed by atoms with E-state index in [4.69, 9.17) is 12.2 Å². The van der Waals surface area contributed by atoms with Crippen LogP contribution < -0.4 is 10.2 Å². The molecule has 2 aromatic heterocycles. The molecular weight excluding hydrogens is 364 g/mol. The molecule has 0 radical (unpaired) electrons. The number of anilines is 1. The van der Waals surface area contributed by atoms with Crippen molar-refractivity contribution in [2.24, 2.45) is 0 Å². The minimum absolute atomic E-state index is 0.0114. The van der Waals surface area contributed by atoms with E-state index in [2.05, 4.69) is 90.1 Å². The number of pyridine rings is 1. The summed E-state index contributed by atoms with van der Waals surface area (Å²) in [6.45, 7) is 8.70. The van der Waals surface area contributed by atoms with Crippen LogP contribution in [0.1, 0.15) is 54.5 Å². The minimum atomic E-state index is -0.0114. The lowest BCUT2D eigenvalue weighted by Crippen LogP contribution is -2.30. The number of hydrogen-bond acceptors (Lipinski definition) is 2. The van der Waals surface area contributed by atoms with Crippen LogP contribution in [0.15, 0.2) is 60.9 Å². The van der Waals surface area contributed by atoms with Crippen molar-refractivity contribution in [1.29, 1.82) is 0 Å². The van der Waals surface area contributed by atoms with Crippen molar-refractivity contribution in [3.8, 4) is 0 Å². The zero-order chi connectivity index (χ0) is 19.8. The van der Waals surface area contributed by atoms with Crippen molar-refractivity contribution in [2.45, 2.75) is 45.8 Å². The van der Waals surface area contributed by atoms with Crippen molar-refractivity contribution >= 4 is 23.0 Å². The van der Waals surface area contributed by atoms with Crippen LogP contribution in [0, 0.1) is 13.8 Å². The molecule has 1 N–H and O–H groups in total. The molecule has 0 saturated carbocycles. The van der Waals surface area contributed by atoms with Crippen LogP contribution in [-0.2, 0) is 0 Å². The molecule has 3 heterocycles. The van der Waals surface area contributed by atoms with Gasteiger partial charge in [-0.05, 0) is 87.4 Å². The van der Waals surface area contributed by atoms with E-state index in [0.29, 0.717) is 6.04 Å². The van der Waals surface area contributed by atoms with Crippen LogP contribution in [0.3, 0.4) is 0 Å². The molecule has 0 amide bonds. The van der Waals surface area contributed by atoms with Crippen molar-refractivity contribution in [2.75, 3.05) is 4.90 Å². The highest BCUT2D eigenvalue weighted by molar-refractivity contribution is 7.80. The molecule has 4 nitrogen and oxygen atoms in total. The van der Waals surface area contributed by atoms with Gasteiger partial charge in [0.05, 0.1) is 11.7 Å². The molecule has 2 unspecified atom stereocenters. The Bertz CT molecular complexity index is 993. The van der Waals surface area contributed by atoms with Gasteiger partial charge in [0, 0.05) is 29.8 Å². The highest BCUT2D eigenvalue weighted by atomic mass is 32.1. The molecule has 1 saturated heterocycles. The van der Waals surface area contributed by atoms with E-state index in [0.717, 1.165) is 16.5 Å². The fourth-order valence-corrected chi connectivity index (χ4v) is 4.28. The summed E-state index contributed by atoms with van der Waals surface area (Å²) in [6.07, 6.45) is 3.99. The standard InChI is InChI=1S/C23H26N4S/c1-15(2)26-13-7-9-20(26)22-21(19-8-5-6-12-24-19)25-23(28)27(22)18-11-10-16(3)17(4)14-18/h5-15,21-22H,1-4H3,(H,25,28). The topological polar surface area (TPSA) is 33.1 Å². The number of rotatable bonds is 4. The molecule has 1 aliphatic heterocycles. The highest BCUT2D eigenvalue weighted by Crippen LogP contribution is 2.42. The Morgan fingerprint density at radius 3 is 2.54 bits per heavy atom. The maximum atomic E-state index is 5.81. The predicted octanol–water partition coefficient (Wildman–Crippen LogP) is 5.26. The molecule has 3 aromatic rings. The average molecular weight is 391 g/mol. The maximum absolute atomic E-state index is 5.81. The molecule has 0 bridgehead atoms. The van der Waals surface area contributed by atoms with Gasteiger partial charge < -0.3 is 14.8 Å². The summed E-state index contributed by atoms with van der Waals surface area (Å²) in [5.74, 6) is 0. The molecule has 1 fully saturated rings. The lowest BCUT2D eigenvalue weighted by molar-refractivity contribution is 0.497. The van der Waals surface area contributed by atoms with Crippen molar-refractivity contribution in [3.63, 3.8) is 0 Å². The van der Waals surface area contributed by atoms with Gasteiger partial charge in [0.1, 0.15) is 6.04 Å². The van der Waals surface area contributed by atoms with Gasteiger partial charge in [-0.2, -0.15) is 0 Å². The molecule has 1 aromatic carbocycles. The minimum Gasteiger partial charge on any atom is -0.351 e. The molecule has 0 aliphatic carbocycles. The fourth-order valence-electron chi connectivity index (χ4n) is 3.94. The van der Waals surface area contributed by atoms with Crippen LogP contribution in [0.5, 0.6) is 0 Å². The van der Waals surface area contributed by atoms with E-state index in [1.807, 2.05) is 18.3 Å². The van der Waals surface area contributed by atoms with Crippen molar-refractivity contribution in [3.05, 3.63) is 83.4 Å². The van der Waals surface area contributed by atoms with Gasteiger partial charge >= 0.3 is 0 Å². The lowest BCUT2D eigenvalue weighted by Gasteiger charge is -2.30. The number of hydrogen-bond donors (Lipinski definition) is 1. The Labute approximate surface area is 172 Å². The zero-order valence-corrected chi connectivity index (χ0v) is 17.6. The highest BCUT2D eigenvalue weighted by Gasteiger charge is 2.42. The van der Waals surface area contributed by atoms with Gasteiger partial charge in [-0.3, -0.25) is 4.98 Å². The normalized spacial score (nSPS) is 19.3. The van der Waals surface area contributed by atoms with Gasteiger partial charge in [-0.1, -0.05) is 12.1 Å². The number of thiocarbonyl (C=S) groups is 1. The van der Waals surface area contributed by atoms with Crippen molar-refractivity contribution < 1.29 is 0 Å². The summed E-state index contributed by atoms with van der Waals surface area (Å²) in [6, 6.07) is 17.3. The zero-order valence-electron chi connectivity index (χ0n) is 16.8. The Morgan fingerprint density at radius 2 is 1.86 bits per heavy atom. The van der Waals surface area contributed by atoms with Gasteiger partial charge in [-0.15, -0.1) is 0 Å². The first-order chi connectivity index (χ1) is 13.5. The third kappa shape index (κ3) is 3.20. The number of aryl methyl sites for hydroxylation is 2. The van der Waals surface area contributed by atoms with Gasteiger partial charge in [0.25, 0.3) is 0 Å². The summed E-state index contributed by atoms with van der Waals surface area (Å²) in [5, 5.41) is 4.28. The largest absolute Gasteiger partial charge is 0.351 e. The molecule has 0 spiro atoms. The first-order valence-corrected chi connectivity index (χ1v) is 10.1. The Hall–Kier alpha value is -2.66. The summed E-state index contributed by atoms with van der Waals surface area (Å²) < 4.78 is 2.32. The van der Waals surface area contributed by atoms with E-state index < -0.39 is 0 Å². The Balaban J connectivity index is 1.87. The maximum Gasteiger partial charge on any atom is 0.174 e. The number of aromatic nitrogens is 2. The summed E-state index contributed by atoms with van der Waals surface area (Å²) in [5.41, 5.74) is 5.89. The summed E-state index contributed by atoms with van der Waals surface area (Å²) in [4.78, 5) is 6.88. The summed E-state index contributed by atoms with van der Waals surface area (Å²) >= 11 is 5.81. The first-order valence-electron chi connectivity index (χ1n) is 9.72. The fraction of sp³-hybridized carbons (Fsp3) is 0.304. The van der Waals surface area contributed by atoms with Crippen LogP contribution in [0.25, 0.3) is 0 Å². The van der Waals surface area contributed by atoms with E-state index in [9.17, 15) is 0 Å². The molecule has 144 valence electrons. The Kier molecular flexibility index (Phi) is 4.94. The number of nitrogens with one attached hydrogen (secondary N) is 1. The van der Waals surface area contributed by atoms with Crippen LogP contribution in [0.2, 0.25) is 0 Å². The average Bonchev–Trinajstić information content (AvgIpc) is 3.29. The summed E-state index contributed by atoms with van der Waals surface area (Å²) in [7, 11) is 0. The SMILES string of the molecule is Cc1ccc(N2C(=S)NC(c3ccccn3)C2c2cccn2C(C)C)cc1C. The molecule has 5 heteroatoms. The second-order valence-electron chi connectivity index (χ2n) is 7.70. The molecule has 1 aliphatic rings. The first kappa shape index (κ1) is 18.7. The van der Waals surface area contributed by atoms with Crippen molar-refractivity contribution in [1.82, 2.24) is 14.9 Å². The van der Waals surface area contributed by atoms with Gasteiger partial charge in [0.2, 0.25) is 0 Å². The molecule has 2 atom stereocenters. The second kappa shape index (κ2) is 7.40. The molecule has 4 rings (SSSR count). The van der Waals surface area contributed by atoms with Gasteiger partial charge in [0.15, 0.2) is 5.11 Å². The lowest BCUT2D eigenvalue weighted by atomic mass is 10.00. The predicted molar refractivity (Wildman–Crippen MR) is 119 cm³/mol. The third-order valence-electron chi connectivity index (χ3n) is 5.54. The Morgan fingerprint density at radius 1 is 1.04 bits per heavy atom. The smallest absolute Gasteiger partial charge is 0.174 e. The third-order valence-corrected chi connectivity index (χ3v) is 5.85. The van der Waals surface area contributed by atoms with E-state index in [-0.39, 0.29) is 12.1 Å². The monoisotopic (exact) mass is 390 g/mol. The van der Waals surface area contributed by atoms with Crippen LogP contribution in [0.4, 0.5) is 5.69 Å². The molecular formula is C23H26N4S. The second-order valence-corrected chi connectivity index (χ2v) is 8.09. The van der Waals surface area contributed by atoms with E-state index in [1.54, 1.807) is 0 Å². The van der Waals surface area contributed by atoms with Gasteiger partial charge in [-0.25, -0.2) is 0 Å². The number of benzene rings is 1. The van der Waals surface area contributed by atoms with Crippen LogP contribution in [-0.4, -0.2) is 14.7 Å². The van der Waals surface area contributed by atoms with E-state index in [1.165, 1.54) is 16.8 Å². The molecule has 28 heavy (non-hydrogen) atoms.